The molecule has 160 valence electrons. The molecule has 0 amide bonds. The van der Waals surface area contributed by atoms with E-state index in [0.29, 0.717) is 10.8 Å². The number of phenols is 1. The first kappa shape index (κ1) is 21.0. The van der Waals surface area contributed by atoms with E-state index in [1.807, 2.05) is 0 Å². The smallest absolute Gasteiger partial charge is 0.240 e. The van der Waals surface area contributed by atoms with Crippen LogP contribution in [0.3, 0.4) is 0 Å². The Bertz CT molecular complexity index is 1580. The number of fused-ring (bicyclic) bond motifs is 2. The van der Waals surface area contributed by atoms with Crippen LogP contribution in [0.25, 0.3) is 21.8 Å². The number of sulfonamides is 2. The second-order valence-corrected chi connectivity index (χ2v) is 10.3. The topological polar surface area (TPSA) is 177 Å². The first-order chi connectivity index (χ1) is 14.5. The monoisotopic (exact) mass is 478 g/mol. The third-order valence-corrected chi connectivity index (χ3v) is 6.28. The highest BCUT2D eigenvalue weighted by Crippen LogP contribution is 2.39. The molecule has 0 atom stereocenters. The van der Waals surface area contributed by atoms with E-state index in [1.54, 1.807) is 12.1 Å². The number of phenolic OH excluding ortho intramolecular Hbond substituents is 1. The maximum absolute atomic E-state index is 11.7. The average Bonchev–Trinajstić information content (AvgIpc) is 3.15. The highest BCUT2D eigenvalue weighted by molar-refractivity contribution is 7.92. The number of hydrogen-bond acceptors (Lipinski definition) is 10. The van der Waals surface area contributed by atoms with Gasteiger partial charge in [-0.05, 0) is 30.3 Å². The number of aromatic hydroxyl groups is 1. The lowest BCUT2D eigenvalue weighted by Gasteiger charge is -2.11. The van der Waals surface area contributed by atoms with Crippen molar-refractivity contribution in [3.8, 4) is 5.75 Å². The summed E-state index contributed by atoms with van der Waals surface area (Å²) in [6.45, 7) is 0. The maximum Gasteiger partial charge on any atom is 0.240 e. The first-order valence-electron chi connectivity index (χ1n) is 8.47. The zero-order valence-electron chi connectivity index (χ0n) is 15.7. The molecule has 4 aromatic rings. The summed E-state index contributed by atoms with van der Waals surface area (Å²) >= 11 is 0.801. The van der Waals surface area contributed by atoms with Gasteiger partial charge in [-0.25, -0.2) is 22.0 Å². The molecule has 4 rings (SSSR count). The highest BCUT2D eigenvalue weighted by atomic mass is 32.2. The van der Waals surface area contributed by atoms with E-state index in [4.69, 9.17) is 5.14 Å². The molecule has 0 radical (unpaired) electrons. The van der Waals surface area contributed by atoms with Crippen LogP contribution in [0, 0.1) is 0 Å². The van der Waals surface area contributed by atoms with Crippen LogP contribution in [0.4, 0.5) is 17.1 Å². The summed E-state index contributed by atoms with van der Waals surface area (Å²) in [5.41, 5.74) is 1.02. The molecule has 0 spiro atoms. The lowest BCUT2D eigenvalue weighted by molar-refractivity contribution is 0.481. The Morgan fingerprint density at radius 2 is 1.65 bits per heavy atom. The Hall–Kier alpha value is -3.20. The van der Waals surface area contributed by atoms with Crippen LogP contribution >= 0.6 is 11.7 Å². The zero-order chi connectivity index (χ0) is 22.4. The molecule has 0 aliphatic carbocycles. The fraction of sp³-hybridized carbons (Fsp3) is 0.0588. The van der Waals surface area contributed by atoms with Crippen LogP contribution in [0.1, 0.15) is 0 Å². The SMILES string of the molecule is CS(=O)(=O)Nc1cccc2c(O)ccc(/N=N/c3ccc(S(N)(=O)=O)c4nsnc34)c12. The van der Waals surface area contributed by atoms with Crippen molar-refractivity contribution < 1.29 is 21.9 Å². The van der Waals surface area contributed by atoms with E-state index in [-0.39, 0.29) is 38.7 Å². The van der Waals surface area contributed by atoms with Gasteiger partial charge in [0.05, 0.1) is 29.4 Å². The molecule has 0 saturated carbocycles. The van der Waals surface area contributed by atoms with Gasteiger partial charge in [-0.2, -0.15) is 8.75 Å². The van der Waals surface area contributed by atoms with Gasteiger partial charge in [0.2, 0.25) is 20.0 Å². The van der Waals surface area contributed by atoms with Crippen molar-refractivity contribution in [2.45, 2.75) is 4.90 Å². The number of anilines is 1. The van der Waals surface area contributed by atoms with Crippen molar-refractivity contribution in [2.24, 2.45) is 15.4 Å². The van der Waals surface area contributed by atoms with Crippen LogP contribution < -0.4 is 9.86 Å². The zero-order valence-corrected chi connectivity index (χ0v) is 18.2. The summed E-state index contributed by atoms with van der Waals surface area (Å²) < 4.78 is 57.4. The number of nitrogens with two attached hydrogens (primary N) is 1. The molecule has 0 aliphatic heterocycles. The van der Waals surface area contributed by atoms with Gasteiger partial charge < -0.3 is 5.11 Å². The van der Waals surface area contributed by atoms with Gasteiger partial charge in [0.25, 0.3) is 0 Å². The predicted molar refractivity (Wildman–Crippen MR) is 117 cm³/mol. The quantitative estimate of drug-likeness (QED) is 0.369. The highest BCUT2D eigenvalue weighted by Gasteiger charge is 2.18. The van der Waals surface area contributed by atoms with Crippen molar-refractivity contribution in [1.82, 2.24) is 8.75 Å². The summed E-state index contributed by atoms with van der Waals surface area (Å²) in [5, 5.41) is 24.5. The minimum absolute atomic E-state index is 0.0605. The molecule has 0 unspecified atom stereocenters. The molecule has 0 aliphatic rings. The van der Waals surface area contributed by atoms with Crippen molar-refractivity contribution in [3.05, 3.63) is 42.5 Å². The Balaban J connectivity index is 1.88. The van der Waals surface area contributed by atoms with Gasteiger partial charge in [-0.3, -0.25) is 4.72 Å². The van der Waals surface area contributed by atoms with E-state index in [9.17, 15) is 21.9 Å². The van der Waals surface area contributed by atoms with Gasteiger partial charge in [-0.1, -0.05) is 12.1 Å². The fourth-order valence-electron chi connectivity index (χ4n) is 2.99. The van der Waals surface area contributed by atoms with Crippen LogP contribution in [0.15, 0.2) is 57.6 Å². The molecule has 11 nitrogen and oxygen atoms in total. The van der Waals surface area contributed by atoms with Crippen molar-refractivity contribution in [2.75, 3.05) is 11.0 Å². The largest absolute Gasteiger partial charge is 0.507 e. The number of benzene rings is 3. The molecular formula is C17H14N6O5S3. The van der Waals surface area contributed by atoms with Gasteiger partial charge in [0, 0.05) is 10.8 Å². The average molecular weight is 479 g/mol. The fourth-order valence-corrected chi connectivity index (χ4v) is 4.86. The minimum atomic E-state index is -4.00. The molecule has 31 heavy (non-hydrogen) atoms. The standard InChI is InChI=1S/C17H14N6O5S3/c1-30(25,26)23-11-4-2-3-9-13(24)7-5-10(15(9)11)19-20-12-6-8-14(31(18,27)28)17-16(12)21-29-22-17/h2-8,23-24H,1H3,(H2,18,27,28)/b20-19+. The normalized spacial score (nSPS) is 12.7. The Kier molecular flexibility index (Phi) is 5.09. The number of azo groups is 1. The van der Waals surface area contributed by atoms with Gasteiger partial charge in [0.1, 0.15) is 27.4 Å². The summed E-state index contributed by atoms with van der Waals surface area (Å²) in [5.74, 6) is -0.0605. The first-order valence-corrected chi connectivity index (χ1v) is 12.6. The maximum atomic E-state index is 11.7. The number of primary sulfonamides is 1. The number of nitrogens with zero attached hydrogens (tertiary/aromatic N) is 4. The lowest BCUT2D eigenvalue weighted by atomic mass is 10.1. The van der Waals surface area contributed by atoms with Gasteiger partial charge in [-0.15, -0.1) is 10.2 Å². The predicted octanol–water partition coefficient (Wildman–Crippen LogP) is 2.98. The number of aromatic nitrogens is 2. The third-order valence-electron chi connectivity index (χ3n) is 4.22. The molecule has 0 bridgehead atoms. The molecule has 14 heteroatoms. The number of hydrogen-bond donors (Lipinski definition) is 3. The Morgan fingerprint density at radius 3 is 2.35 bits per heavy atom. The molecule has 1 heterocycles. The van der Waals surface area contributed by atoms with E-state index in [1.165, 1.54) is 30.3 Å². The summed E-state index contributed by atoms with van der Waals surface area (Å²) in [4.78, 5) is -0.176. The van der Waals surface area contributed by atoms with Crippen molar-refractivity contribution >= 4 is 70.6 Å². The third kappa shape index (κ3) is 4.18. The van der Waals surface area contributed by atoms with Gasteiger partial charge >= 0.3 is 0 Å². The van der Waals surface area contributed by atoms with Crippen LogP contribution in [-0.4, -0.2) is 36.9 Å². The molecule has 1 aromatic heterocycles. The summed E-state index contributed by atoms with van der Waals surface area (Å²) in [6, 6.07) is 10.3. The lowest BCUT2D eigenvalue weighted by Crippen LogP contribution is -2.12. The van der Waals surface area contributed by atoms with Crippen LogP contribution in [-0.2, 0) is 20.0 Å². The Morgan fingerprint density at radius 1 is 0.968 bits per heavy atom. The molecular weight excluding hydrogens is 464 g/mol. The van der Waals surface area contributed by atoms with Crippen LogP contribution in [0.2, 0.25) is 0 Å². The molecule has 0 saturated heterocycles. The van der Waals surface area contributed by atoms with E-state index in [2.05, 4.69) is 23.7 Å². The minimum Gasteiger partial charge on any atom is -0.507 e. The summed E-state index contributed by atoms with van der Waals surface area (Å²) in [6.07, 6.45) is 1.01. The second-order valence-electron chi connectivity index (χ2n) is 6.50. The van der Waals surface area contributed by atoms with E-state index >= 15 is 0 Å². The molecule has 0 fully saturated rings. The van der Waals surface area contributed by atoms with Crippen molar-refractivity contribution in [3.63, 3.8) is 0 Å². The van der Waals surface area contributed by atoms with Gasteiger partial charge in [0.15, 0.2) is 0 Å². The summed E-state index contributed by atoms with van der Waals surface area (Å²) in [7, 11) is -7.60. The number of nitrogens with one attached hydrogen (secondary N) is 1. The molecule has 3 aromatic carbocycles. The van der Waals surface area contributed by atoms with E-state index < -0.39 is 20.0 Å². The second kappa shape index (κ2) is 7.49. The van der Waals surface area contributed by atoms with Crippen LogP contribution in [0.5, 0.6) is 5.75 Å². The Labute approximate surface area is 180 Å². The van der Waals surface area contributed by atoms with Crippen molar-refractivity contribution in [1.29, 1.82) is 0 Å². The van der Waals surface area contributed by atoms with E-state index in [0.717, 1.165) is 18.0 Å². The molecule has 4 N–H and O–H groups in total. The number of rotatable bonds is 5.